The van der Waals surface area contributed by atoms with Crippen LogP contribution in [0.25, 0.3) is 0 Å². The van der Waals surface area contributed by atoms with E-state index in [9.17, 15) is 9.50 Å². The van der Waals surface area contributed by atoms with E-state index in [0.717, 1.165) is 5.56 Å². The summed E-state index contributed by atoms with van der Waals surface area (Å²) < 4.78 is 24.8. The van der Waals surface area contributed by atoms with E-state index in [1.54, 1.807) is 0 Å². The smallest absolute Gasteiger partial charge is 0.194 e. The van der Waals surface area contributed by atoms with E-state index >= 15 is 0 Å². The quantitative estimate of drug-likeness (QED) is 0.878. The summed E-state index contributed by atoms with van der Waals surface area (Å²) in [6.45, 7) is 2.93. The molecule has 1 aromatic carbocycles. The topological polar surface area (TPSA) is 38.7 Å². The number of benzene rings is 1. The van der Waals surface area contributed by atoms with Crippen LogP contribution in [0.5, 0.6) is 0 Å². The molecule has 1 aromatic rings. The molecule has 3 nitrogen and oxygen atoms in total. The Morgan fingerprint density at radius 1 is 1.41 bits per heavy atom. The van der Waals surface area contributed by atoms with Gasteiger partial charge in [-0.15, -0.1) is 0 Å². The van der Waals surface area contributed by atoms with Gasteiger partial charge in [-0.05, 0) is 19.4 Å². The van der Waals surface area contributed by atoms with Gasteiger partial charge in [0.05, 0.1) is 13.2 Å². The molecule has 0 bridgehead atoms. The molecule has 0 aliphatic carbocycles. The minimum Gasteiger partial charge on any atom is -0.384 e. The van der Waals surface area contributed by atoms with Crippen molar-refractivity contribution in [2.75, 3.05) is 6.61 Å². The lowest BCUT2D eigenvalue weighted by Crippen LogP contribution is -2.49. The summed E-state index contributed by atoms with van der Waals surface area (Å²) in [4.78, 5) is 0. The summed E-state index contributed by atoms with van der Waals surface area (Å²) in [5.41, 5.74) is -2.46. The van der Waals surface area contributed by atoms with Gasteiger partial charge in [0.25, 0.3) is 0 Å². The van der Waals surface area contributed by atoms with Gasteiger partial charge >= 0.3 is 0 Å². The monoisotopic (exact) mass is 240 g/mol. The van der Waals surface area contributed by atoms with Crippen molar-refractivity contribution in [1.29, 1.82) is 0 Å². The van der Waals surface area contributed by atoms with Crippen molar-refractivity contribution in [3.05, 3.63) is 35.9 Å². The first-order chi connectivity index (χ1) is 7.93. The molecule has 0 spiro atoms. The number of ether oxygens (including phenoxy) is 2. The van der Waals surface area contributed by atoms with Gasteiger partial charge in [-0.2, -0.15) is 0 Å². The molecular weight excluding hydrogens is 223 g/mol. The molecule has 0 unspecified atom stereocenters. The number of hydrogen-bond acceptors (Lipinski definition) is 3. The molecule has 4 heteroatoms. The Morgan fingerprint density at radius 3 is 2.59 bits per heavy atom. The molecule has 1 fully saturated rings. The zero-order valence-electron chi connectivity index (χ0n) is 10.0. The fourth-order valence-electron chi connectivity index (χ4n) is 1.74. The van der Waals surface area contributed by atoms with Gasteiger partial charge in [-0.3, -0.25) is 0 Å². The van der Waals surface area contributed by atoms with Crippen LogP contribution in [0.3, 0.4) is 0 Å². The lowest BCUT2D eigenvalue weighted by Gasteiger charge is -2.30. The van der Waals surface area contributed by atoms with Crippen LogP contribution in [0, 0.1) is 0 Å². The Hall–Kier alpha value is -0.970. The highest BCUT2D eigenvalue weighted by molar-refractivity contribution is 5.13. The van der Waals surface area contributed by atoms with Crippen molar-refractivity contribution in [3.63, 3.8) is 0 Å². The van der Waals surface area contributed by atoms with Gasteiger partial charge in [-0.1, -0.05) is 30.3 Å². The first-order valence-electron chi connectivity index (χ1n) is 5.62. The average Bonchev–Trinajstić information content (AvgIpc) is 2.49. The summed E-state index contributed by atoms with van der Waals surface area (Å²) in [6, 6.07) is 9.46. The van der Waals surface area contributed by atoms with E-state index < -0.39 is 17.6 Å². The molecule has 1 aliphatic rings. The number of alkyl halides is 1. The Kier molecular flexibility index (Phi) is 3.21. The van der Waals surface area contributed by atoms with E-state index in [1.165, 1.54) is 13.8 Å². The van der Waals surface area contributed by atoms with Crippen LogP contribution in [0.1, 0.15) is 19.4 Å². The van der Waals surface area contributed by atoms with Crippen LogP contribution >= 0.6 is 0 Å². The van der Waals surface area contributed by atoms with E-state index in [2.05, 4.69) is 0 Å². The summed E-state index contributed by atoms with van der Waals surface area (Å²) in [5.74, 6) is 0. The number of rotatable bonds is 3. The lowest BCUT2D eigenvalue weighted by atomic mass is 9.90. The third-order valence-electron chi connectivity index (χ3n) is 3.26. The summed E-state index contributed by atoms with van der Waals surface area (Å²) in [7, 11) is 0. The second kappa shape index (κ2) is 4.37. The number of halogens is 1. The molecule has 1 N–H and O–H groups in total. The van der Waals surface area contributed by atoms with Crippen molar-refractivity contribution in [2.45, 2.75) is 38.0 Å². The number of hydrogen-bond donors (Lipinski definition) is 1. The zero-order chi connectivity index (χ0) is 12.5. The molecule has 17 heavy (non-hydrogen) atoms. The largest absolute Gasteiger partial charge is 0.384 e. The Bertz CT molecular complexity index is 376. The Labute approximate surface area is 100 Å². The molecular formula is C13H17FO3. The second-order valence-electron chi connectivity index (χ2n) is 4.79. The molecule has 94 valence electrons. The van der Waals surface area contributed by atoms with E-state index in [0.29, 0.717) is 0 Å². The second-order valence-corrected chi connectivity index (χ2v) is 4.79. The normalized spacial score (nSPS) is 37.3. The third-order valence-corrected chi connectivity index (χ3v) is 3.26. The van der Waals surface area contributed by atoms with Crippen LogP contribution in [0.4, 0.5) is 4.39 Å². The molecule has 1 heterocycles. The van der Waals surface area contributed by atoms with Crippen molar-refractivity contribution in [2.24, 2.45) is 0 Å². The molecule has 0 amide bonds. The van der Waals surface area contributed by atoms with Gasteiger partial charge in [0, 0.05) is 0 Å². The average molecular weight is 240 g/mol. The molecule has 2 rings (SSSR count). The van der Waals surface area contributed by atoms with Crippen molar-refractivity contribution >= 4 is 0 Å². The van der Waals surface area contributed by atoms with Gasteiger partial charge in [0.15, 0.2) is 12.0 Å². The lowest BCUT2D eigenvalue weighted by molar-refractivity contribution is -0.180. The molecule has 1 aliphatic heterocycles. The van der Waals surface area contributed by atoms with Crippen LogP contribution in [0.2, 0.25) is 0 Å². The first-order valence-corrected chi connectivity index (χ1v) is 5.62. The zero-order valence-corrected chi connectivity index (χ0v) is 10.0. The highest BCUT2D eigenvalue weighted by atomic mass is 19.1. The van der Waals surface area contributed by atoms with E-state index in [-0.39, 0.29) is 13.2 Å². The minimum atomic E-state index is -1.90. The summed E-state index contributed by atoms with van der Waals surface area (Å²) >= 11 is 0. The maximum absolute atomic E-state index is 14.3. The first kappa shape index (κ1) is 12.5. The highest BCUT2D eigenvalue weighted by Gasteiger charge is 2.57. The van der Waals surface area contributed by atoms with E-state index in [4.69, 9.17) is 9.47 Å². The van der Waals surface area contributed by atoms with Gasteiger partial charge in [0.2, 0.25) is 0 Å². The maximum Gasteiger partial charge on any atom is 0.194 e. The molecule has 3 atom stereocenters. The van der Waals surface area contributed by atoms with Gasteiger partial charge in [0.1, 0.15) is 5.60 Å². The molecule has 0 radical (unpaired) electrons. The Morgan fingerprint density at radius 2 is 2.06 bits per heavy atom. The SMILES string of the molecule is C[C@]1(F)[C@H](OCc2ccccc2)OC[C@@]1(C)O. The van der Waals surface area contributed by atoms with E-state index in [1.807, 2.05) is 30.3 Å². The van der Waals surface area contributed by atoms with Gasteiger partial charge in [-0.25, -0.2) is 4.39 Å². The standard InChI is InChI=1S/C13H17FO3/c1-12(15)9-17-11(13(12,2)14)16-8-10-6-4-3-5-7-10/h3-7,11,15H,8-9H2,1-2H3/t11-,12-,13+/m1/s1. The van der Waals surface area contributed by atoms with Crippen LogP contribution in [-0.2, 0) is 16.1 Å². The summed E-state index contributed by atoms with van der Waals surface area (Å²) in [5, 5.41) is 9.81. The van der Waals surface area contributed by atoms with Crippen LogP contribution in [-0.4, -0.2) is 29.3 Å². The molecule has 1 saturated heterocycles. The third kappa shape index (κ3) is 2.34. The van der Waals surface area contributed by atoms with Crippen molar-refractivity contribution in [3.8, 4) is 0 Å². The predicted octanol–water partition coefficient (Wildman–Crippen LogP) is 2.04. The highest BCUT2D eigenvalue weighted by Crippen LogP contribution is 2.38. The van der Waals surface area contributed by atoms with Crippen LogP contribution < -0.4 is 0 Å². The predicted molar refractivity (Wildman–Crippen MR) is 61.1 cm³/mol. The molecule has 0 aromatic heterocycles. The van der Waals surface area contributed by atoms with Crippen molar-refractivity contribution in [1.82, 2.24) is 0 Å². The van der Waals surface area contributed by atoms with Crippen molar-refractivity contribution < 1.29 is 19.0 Å². The van der Waals surface area contributed by atoms with Gasteiger partial charge < -0.3 is 14.6 Å². The summed E-state index contributed by atoms with van der Waals surface area (Å²) in [6.07, 6.45) is -1.03. The Balaban J connectivity index is 1.97. The fourth-order valence-corrected chi connectivity index (χ4v) is 1.74. The minimum absolute atomic E-state index is 0.0561. The van der Waals surface area contributed by atoms with Crippen LogP contribution in [0.15, 0.2) is 30.3 Å². The fraction of sp³-hybridized carbons (Fsp3) is 0.538. The number of aliphatic hydroxyl groups is 1. The maximum atomic E-state index is 14.3. The molecule has 0 saturated carbocycles.